The zero-order valence-electron chi connectivity index (χ0n) is 15.1. The molecular formula is C19H28N4O. The fourth-order valence-electron chi connectivity index (χ4n) is 3.85. The highest BCUT2D eigenvalue weighted by Crippen LogP contribution is 2.60. The first-order valence-corrected chi connectivity index (χ1v) is 8.87. The van der Waals surface area contributed by atoms with Crippen molar-refractivity contribution >= 4 is 11.7 Å². The SMILES string of the molecule is CC(C)=C[C@H]1[C@@H](C(=O)N2CCC(Nc3cccnn3)CC2)C1(C)C. The van der Waals surface area contributed by atoms with Gasteiger partial charge in [0.15, 0.2) is 0 Å². The third-order valence-corrected chi connectivity index (χ3v) is 5.42. The Morgan fingerprint density at radius 3 is 2.62 bits per heavy atom. The van der Waals surface area contributed by atoms with Crippen LogP contribution in [0.4, 0.5) is 5.82 Å². The molecule has 1 amide bonds. The summed E-state index contributed by atoms with van der Waals surface area (Å²) in [5.74, 6) is 1.69. The number of rotatable bonds is 4. The summed E-state index contributed by atoms with van der Waals surface area (Å²) in [5, 5.41) is 11.4. The molecule has 0 aromatic carbocycles. The molecule has 2 atom stereocenters. The van der Waals surface area contributed by atoms with Crippen LogP contribution in [0.1, 0.15) is 40.5 Å². The summed E-state index contributed by atoms with van der Waals surface area (Å²) in [4.78, 5) is 14.9. The number of aromatic nitrogens is 2. The van der Waals surface area contributed by atoms with Crippen LogP contribution in [0.5, 0.6) is 0 Å². The summed E-state index contributed by atoms with van der Waals surface area (Å²) in [7, 11) is 0. The number of nitrogens with zero attached hydrogens (tertiary/aromatic N) is 3. The van der Waals surface area contributed by atoms with E-state index in [1.165, 1.54) is 5.57 Å². The Morgan fingerprint density at radius 2 is 2.04 bits per heavy atom. The second kappa shape index (κ2) is 6.54. The number of anilines is 1. The van der Waals surface area contributed by atoms with Gasteiger partial charge in [0.05, 0.1) is 5.92 Å². The van der Waals surface area contributed by atoms with E-state index < -0.39 is 0 Å². The van der Waals surface area contributed by atoms with E-state index >= 15 is 0 Å². The molecule has 0 radical (unpaired) electrons. The fourth-order valence-corrected chi connectivity index (χ4v) is 3.85. The second-order valence-electron chi connectivity index (χ2n) is 7.92. The van der Waals surface area contributed by atoms with E-state index in [2.05, 4.69) is 54.2 Å². The number of amides is 1. The van der Waals surface area contributed by atoms with E-state index in [9.17, 15) is 4.79 Å². The molecule has 0 unspecified atom stereocenters. The number of hydrogen-bond acceptors (Lipinski definition) is 4. The Bertz CT molecular complexity index is 614. The summed E-state index contributed by atoms with van der Waals surface area (Å²) >= 11 is 0. The maximum Gasteiger partial charge on any atom is 0.226 e. The molecule has 0 bridgehead atoms. The monoisotopic (exact) mass is 328 g/mol. The average molecular weight is 328 g/mol. The Hall–Kier alpha value is -1.91. The number of nitrogens with one attached hydrogen (secondary N) is 1. The van der Waals surface area contributed by atoms with Crippen LogP contribution in [0.2, 0.25) is 0 Å². The first-order chi connectivity index (χ1) is 11.4. The van der Waals surface area contributed by atoms with Crippen molar-refractivity contribution in [2.75, 3.05) is 18.4 Å². The van der Waals surface area contributed by atoms with E-state index in [4.69, 9.17) is 0 Å². The molecule has 130 valence electrons. The van der Waals surface area contributed by atoms with Gasteiger partial charge in [-0.1, -0.05) is 25.5 Å². The summed E-state index contributed by atoms with van der Waals surface area (Å²) in [5.41, 5.74) is 1.40. The topological polar surface area (TPSA) is 58.1 Å². The number of carbonyl (C=O) groups is 1. The molecule has 5 heteroatoms. The van der Waals surface area contributed by atoms with Crippen molar-refractivity contribution in [2.24, 2.45) is 17.3 Å². The van der Waals surface area contributed by atoms with Crippen LogP contribution in [0.3, 0.4) is 0 Å². The highest BCUT2D eigenvalue weighted by Gasteiger charge is 2.61. The lowest BCUT2D eigenvalue weighted by atomic mass is 10.0. The van der Waals surface area contributed by atoms with Gasteiger partial charge < -0.3 is 10.2 Å². The van der Waals surface area contributed by atoms with Gasteiger partial charge in [0.2, 0.25) is 5.91 Å². The molecular weight excluding hydrogens is 300 g/mol. The molecule has 0 spiro atoms. The average Bonchev–Trinajstić information content (AvgIpc) is 3.08. The van der Waals surface area contributed by atoms with Gasteiger partial charge in [-0.25, -0.2) is 0 Å². The zero-order chi connectivity index (χ0) is 17.3. The van der Waals surface area contributed by atoms with Gasteiger partial charge in [-0.15, -0.1) is 5.10 Å². The van der Waals surface area contributed by atoms with Crippen LogP contribution in [-0.2, 0) is 4.79 Å². The Morgan fingerprint density at radius 1 is 1.33 bits per heavy atom. The third-order valence-electron chi connectivity index (χ3n) is 5.42. The van der Waals surface area contributed by atoms with E-state index in [0.29, 0.717) is 17.9 Å². The van der Waals surface area contributed by atoms with Gasteiger partial charge in [0, 0.05) is 25.3 Å². The standard InChI is InChI=1S/C19H28N4O/c1-13(2)12-15-17(19(15,3)4)18(24)23-10-7-14(8-11-23)21-16-6-5-9-20-22-16/h5-6,9,12,14-15,17H,7-8,10-11H2,1-4H3,(H,21,22)/t15-,17-/m0/s1. The first-order valence-electron chi connectivity index (χ1n) is 8.87. The second-order valence-corrected chi connectivity index (χ2v) is 7.92. The number of hydrogen-bond donors (Lipinski definition) is 1. The van der Waals surface area contributed by atoms with Crippen LogP contribution in [0.15, 0.2) is 30.0 Å². The molecule has 1 aliphatic carbocycles. The molecule has 1 saturated heterocycles. The third kappa shape index (κ3) is 3.45. The Kier molecular flexibility index (Phi) is 4.61. The molecule has 1 saturated carbocycles. The van der Waals surface area contributed by atoms with Gasteiger partial charge in [-0.3, -0.25) is 4.79 Å². The molecule has 24 heavy (non-hydrogen) atoms. The lowest BCUT2D eigenvalue weighted by Crippen LogP contribution is -2.43. The normalized spacial score (nSPS) is 25.9. The Balaban J connectivity index is 1.53. The minimum absolute atomic E-state index is 0.100. The highest BCUT2D eigenvalue weighted by molar-refractivity contribution is 5.84. The van der Waals surface area contributed by atoms with Crippen LogP contribution in [0.25, 0.3) is 0 Å². The van der Waals surface area contributed by atoms with Crippen molar-refractivity contribution < 1.29 is 4.79 Å². The van der Waals surface area contributed by atoms with E-state index in [0.717, 1.165) is 31.7 Å². The van der Waals surface area contributed by atoms with Crippen molar-refractivity contribution in [1.29, 1.82) is 0 Å². The number of piperidine rings is 1. The van der Waals surface area contributed by atoms with E-state index in [1.54, 1.807) is 6.20 Å². The number of likely N-dealkylation sites (tertiary alicyclic amines) is 1. The van der Waals surface area contributed by atoms with Gasteiger partial charge in [-0.05, 0) is 50.2 Å². The quantitative estimate of drug-likeness (QED) is 0.863. The lowest BCUT2D eigenvalue weighted by Gasteiger charge is -2.33. The van der Waals surface area contributed by atoms with Crippen LogP contribution < -0.4 is 5.32 Å². The molecule has 3 rings (SSSR count). The summed E-state index contributed by atoms with van der Waals surface area (Å²) in [6.07, 6.45) is 5.86. The predicted octanol–water partition coefficient (Wildman–Crippen LogP) is 3.12. The van der Waals surface area contributed by atoms with Crippen LogP contribution >= 0.6 is 0 Å². The largest absolute Gasteiger partial charge is 0.366 e. The zero-order valence-corrected chi connectivity index (χ0v) is 15.1. The predicted molar refractivity (Wildman–Crippen MR) is 95.4 cm³/mol. The fraction of sp³-hybridized carbons (Fsp3) is 0.632. The Labute approximate surface area is 144 Å². The van der Waals surface area contributed by atoms with Crippen LogP contribution in [0, 0.1) is 17.3 Å². The molecule has 2 fully saturated rings. The lowest BCUT2D eigenvalue weighted by molar-refractivity contribution is -0.134. The van der Waals surface area contributed by atoms with E-state index in [-0.39, 0.29) is 11.3 Å². The van der Waals surface area contributed by atoms with Gasteiger partial charge in [0.1, 0.15) is 5.82 Å². The van der Waals surface area contributed by atoms with Crippen molar-refractivity contribution in [1.82, 2.24) is 15.1 Å². The van der Waals surface area contributed by atoms with Gasteiger partial charge >= 0.3 is 0 Å². The van der Waals surface area contributed by atoms with Crippen LogP contribution in [-0.4, -0.2) is 40.1 Å². The first kappa shape index (κ1) is 16.9. The van der Waals surface area contributed by atoms with Crippen molar-refractivity contribution in [3.8, 4) is 0 Å². The van der Waals surface area contributed by atoms with Crippen molar-refractivity contribution in [3.05, 3.63) is 30.0 Å². The molecule has 1 aliphatic heterocycles. The summed E-state index contributed by atoms with van der Waals surface area (Å²) in [6, 6.07) is 4.18. The smallest absolute Gasteiger partial charge is 0.226 e. The summed E-state index contributed by atoms with van der Waals surface area (Å²) < 4.78 is 0. The molecule has 1 aromatic rings. The molecule has 2 heterocycles. The summed E-state index contributed by atoms with van der Waals surface area (Å²) in [6.45, 7) is 10.3. The molecule has 5 nitrogen and oxygen atoms in total. The van der Waals surface area contributed by atoms with Crippen molar-refractivity contribution in [3.63, 3.8) is 0 Å². The number of allylic oxidation sites excluding steroid dienone is 2. The molecule has 1 N–H and O–H groups in total. The minimum Gasteiger partial charge on any atom is -0.366 e. The molecule has 2 aliphatic rings. The van der Waals surface area contributed by atoms with Gasteiger partial charge in [-0.2, -0.15) is 5.10 Å². The number of carbonyl (C=O) groups excluding carboxylic acids is 1. The molecule has 1 aromatic heterocycles. The maximum absolute atomic E-state index is 12.9. The highest BCUT2D eigenvalue weighted by atomic mass is 16.2. The minimum atomic E-state index is 0.100. The maximum atomic E-state index is 12.9. The van der Waals surface area contributed by atoms with E-state index in [1.807, 2.05) is 12.1 Å². The van der Waals surface area contributed by atoms with Crippen molar-refractivity contribution in [2.45, 2.75) is 46.6 Å². The van der Waals surface area contributed by atoms with Gasteiger partial charge in [0.25, 0.3) is 0 Å².